The molecule has 0 bridgehead atoms. The Morgan fingerprint density at radius 2 is 2.05 bits per heavy atom. The molecule has 1 atom stereocenters. The lowest BCUT2D eigenvalue weighted by atomic mass is 10.0. The van der Waals surface area contributed by atoms with Gasteiger partial charge in [0.2, 0.25) is 11.8 Å². The molecule has 1 fully saturated rings. The minimum absolute atomic E-state index is 0.00493. The Labute approximate surface area is 120 Å². The van der Waals surface area contributed by atoms with Gasteiger partial charge in [-0.15, -0.1) is 0 Å². The molecule has 2 heterocycles. The number of carbonyl (C=O) groups excluding carboxylic acids is 2. The molecule has 2 amide bonds. The van der Waals surface area contributed by atoms with E-state index in [4.69, 9.17) is 0 Å². The Morgan fingerprint density at radius 3 is 2.65 bits per heavy atom. The minimum Gasteiger partial charge on any atom is -0.355 e. The van der Waals surface area contributed by atoms with Crippen LogP contribution in [0.25, 0.3) is 0 Å². The molecule has 112 valence electrons. The van der Waals surface area contributed by atoms with Crippen LogP contribution in [0, 0.1) is 5.92 Å². The molecule has 2 aliphatic rings. The SMILES string of the molecule is CC(=O)NCCN1CCN(C(=O)C2C=NCCC2)CC1. The van der Waals surface area contributed by atoms with Gasteiger partial charge in [0.1, 0.15) is 0 Å². The van der Waals surface area contributed by atoms with Crippen LogP contribution in [0.3, 0.4) is 0 Å². The molecule has 1 unspecified atom stereocenters. The highest BCUT2D eigenvalue weighted by Crippen LogP contribution is 2.14. The van der Waals surface area contributed by atoms with Gasteiger partial charge in [-0.1, -0.05) is 0 Å². The number of aliphatic imine (C=N–C) groups is 1. The number of piperazine rings is 1. The van der Waals surface area contributed by atoms with Crippen molar-refractivity contribution in [2.75, 3.05) is 45.8 Å². The van der Waals surface area contributed by atoms with Crippen molar-refractivity contribution >= 4 is 18.0 Å². The maximum absolute atomic E-state index is 12.3. The van der Waals surface area contributed by atoms with Gasteiger partial charge in [0.05, 0.1) is 5.92 Å². The van der Waals surface area contributed by atoms with Crippen molar-refractivity contribution in [3.8, 4) is 0 Å². The molecular weight excluding hydrogens is 256 g/mol. The molecule has 0 aromatic heterocycles. The molecule has 0 aromatic rings. The highest BCUT2D eigenvalue weighted by Gasteiger charge is 2.26. The highest BCUT2D eigenvalue weighted by atomic mass is 16.2. The molecule has 1 saturated heterocycles. The molecular formula is C14H24N4O2. The van der Waals surface area contributed by atoms with E-state index in [1.165, 1.54) is 6.92 Å². The van der Waals surface area contributed by atoms with E-state index in [0.717, 1.165) is 52.1 Å². The first-order valence-electron chi connectivity index (χ1n) is 7.42. The van der Waals surface area contributed by atoms with Crippen LogP contribution in [0.15, 0.2) is 4.99 Å². The molecule has 2 aliphatic heterocycles. The van der Waals surface area contributed by atoms with E-state index in [-0.39, 0.29) is 17.7 Å². The fraction of sp³-hybridized carbons (Fsp3) is 0.786. The van der Waals surface area contributed by atoms with Gasteiger partial charge in [-0.05, 0) is 12.8 Å². The summed E-state index contributed by atoms with van der Waals surface area (Å²) >= 11 is 0. The van der Waals surface area contributed by atoms with E-state index >= 15 is 0 Å². The van der Waals surface area contributed by atoms with Gasteiger partial charge in [-0.3, -0.25) is 19.5 Å². The van der Waals surface area contributed by atoms with Crippen LogP contribution in [0.1, 0.15) is 19.8 Å². The van der Waals surface area contributed by atoms with Gasteiger partial charge in [-0.2, -0.15) is 0 Å². The van der Waals surface area contributed by atoms with E-state index in [1.807, 2.05) is 11.1 Å². The molecule has 2 rings (SSSR count). The highest BCUT2D eigenvalue weighted by molar-refractivity contribution is 5.93. The van der Waals surface area contributed by atoms with Crippen molar-refractivity contribution in [2.24, 2.45) is 10.9 Å². The van der Waals surface area contributed by atoms with E-state index < -0.39 is 0 Å². The van der Waals surface area contributed by atoms with Crippen LogP contribution in [-0.4, -0.2) is 73.6 Å². The average molecular weight is 280 g/mol. The summed E-state index contributed by atoms with van der Waals surface area (Å²) in [5.41, 5.74) is 0. The van der Waals surface area contributed by atoms with Crippen molar-refractivity contribution < 1.29 is 9.59 Å². The summed E-state index contributed by atoms with van der Waals surface area (Å²) in [7, 11) is 0. The smallest absolute Gasteiger partial charge is 0.231 e. The molecule has 0 aliphatic carbocycles. The zero-order valence-electron chi connectivity index (χ0n) is 12.2. The lowest BCUT2D eigenvalue weighted by Crippen LogP contribution is -2.51. The second kappa shape index (κ2) is 7.38. The predicted octanol–water partition coefficient (Wildman–Crippen LogP) is -0.252. The van der Waals surface area contributed by atoms with Gasteiger partial charge < -0.3 is 10.2 Å². The quantitative estimate of drug-likeness (QED) is 0.772. The predicted molar refractivity (Wildman–Crippen MR) is 77.8 cm³/mol. The zero-order chi connectivity index (χ0) is 14.4. The number of amides is 2. The molecule has 1 N–H and O–H groups in total. The Hall–Kier alpha value is -1.43. The van der Waals surface area contributed by atoms with Crippen molar-refractivity contribution in [3.63, 3.8) is 0 Å². The minimum atomic E-state index is -0.00493. The van der Waals surface area contributed by atoms with Gasteiger partial charge in [0.15, 0.2) is 0 Å². The van der Waals surface area contributed by atoms with Gasteiger partial charge >= 0.3 is 0 Å². The Balaban J connectivity index is 1.70. The number of hydrogen-bond acceptors (Lipinski definition) is 4. The number of nitrogens with one attached hydrogen (secondary N) is 1. The van der Waals surface area contributed by atoms with Crippen LogP contribution in [0.5, 0.6) is 0 Å². The summed E-state index contributed by atoms with van der Waals surface area (Å²) in [6.07, 6.45) is 3.78. The van der Waals surface area contributed by atoms with Gasteiger partial charge in [0, 0.05) is 59.0 Å². The van der Waals surface area contributed by atoms with Crippen LogP contribution in [0.2, 0.25) is 0 Å². The summed E-state index contributed by atoms with van der Waals surface area (Å²) in [6, 6.07) is 0. The number of hydrogen-bond donors (Lipinski definition) is 1. The second-order valence-electron chi connectivity index (χ2n) is 5.45. The zero-order valence-corrected chi connectivity index (χ0v) is 12.2. The first kappa shape index (κ1) is 15.0. The van der Waals surface area contributed by atoms with Crippen molar-refractivity contribution in [3.05, 3.63) is 0 Å². The number of carbonyl (C=O) groups is 2. The molecule has 0 aromatic carbocycles. The maximum atomic E-state index is 12.3. The van der Waals surface area contributed by atoms with Crippen molar-refractivity contribution in [1.29, 1.82) is 0 Å². The third kappa shape index (κ3) is 4.30. The third-order valence-electron chi connectivity index (χ3n) is 3.89. The van der Waals surface area contributed by atoms with E-state index in [1.54, 1.807) is 0 Å². The molecule has 6 nitrogen and oxygen atoms in total. The molecule has 0 spiro atoms. The number of nitrogens with zero attached hydrogens (tertiary/aromatic N) is 3. The molecule has 0 radical (unpaired) electrons. The Morgan fingerprint density at radius 1 is 1.30 bits per heavy atom. The lowest BCUT2D eigenvalue weighted by Gasteiger charge is -2.36. The lowest BCUT2D eigenvalue weighted by molar-refractivity contribution is -0.135. The fourth-order valence-corrected chi connectivity index (χ4v) is 2.68. The normalized spacial score (nSPS) is 23.6. The molecule has 20 heavy (non-hydrogen) atoms. The van der Waals surface area contributed by atoms with E-state index in [0.29, 0.717) is 6.54 Å². The topological polar surface area (TPSA) is 65.0 Å². The van der Waals surface area contributed by atoms with Gasteiger partial charge in [-0.25, -0.2) is 0 Å². The van der Waals surface area contributed by atoms with Crippen molar-refractivity contribution in [1.82, 2.24) is 15.1 Å². The van der Waals surface area contributed by atoms with E-state index in [2.05, 4.69) is 15.2 Å². The Kier molecular flexibility index (Phi) is 5.52. The average Bonchev–Trinajstić information content (AvgIpc) is 2.48. The monoisotopic (exact) mass is 280 g/mol. The first-order chi connectivity index (χ1) is 9.66. The molecule has 0 saturated carbocycles. The fourth-order valence-electron chi connectivity index (χ4n) is 2.68. The van der Waals surface area contributed by atoms with Gasteiger partial charge in [0.25, 0.3) is 0 Å². The third-order valence-corrected chi connectivity index (χ3v) is 3.89. The Bertz CT molecular complexity index is 375. The van der Waals surface area contributed by atoms with Crippen LogP contribution < -0.4 is 5.32 Å². The van der Waals surface area contributed by atoms with Crippen LogP contribution in [-0.2, 0) is 9.59 Å². The first-order valence-corrected chi connectivity index (χ1v) is 7.42. The summed E-state index contributed by atoms with van der Waals surface area (Å²) in [4.78, 5) is 31.6. The summed E-state index contributed by atoms with van der Waals surface area (Å²) in [6.45, 7) is 7.25. The van der Waals surface area contributed by atoms with Crippen LogP contribution in [0.4, 0.5) is 0 Å². The summed E-state index contributed by atoms with van der Waals surface area (Å²) in [5.74, 6) is 0.236. The molecule has 6 heteroatoms. The largest absolute Gasteiger partial charge is 0.355 e. The summed E-state index contributed by atoms with van der Waals surface area (Å²) in [5, 5.41) is 2.80. The van der Waals surface area contributed by atoms with Crippen LogP contribution >= 0.6 is 0 Å². The summed E-state index contributed by atoms with van der Waals surface area (Å²) < 4.78 is 0. The second-order valence-corrected chi connectivity index (χ2v) is 5.45. The maximum Gasteiger partial charge on any atom is 0.231 e. The standard InChI is InChI=1S/C14H24N4O2/c1-12(19)16-5-6-17-7-9-18(10-8-17)14(20)13-3-2-4-15-11-13/h11,13H,2-10H2,1H3,(H,16,19). The number of rotatable bonds is 4. The van der Waals surface area contributed by atoms with Crippen molar-refractivity contribution in [2.45, 2.75) is 19.8 Å². The van der Waals surface area contributed by atoms with E-state index in [9.17, 15) is 9.59 Å².